The molecule has 1 heterocycles. The van der Waals surface area contributed by atoms with Crippen LogP contribution in [0, 0.1) is 0 Å². The first-order valence-corrected chi connectivity index (χ1v) is 6.08. The second-order valence-electron chi connectivity index (χ2n) is 4.34. The third-order valence-electron chi connectivity index (χ3n) is 3.22. The van der Waals surface area contributed by atoms with Crippen molar-refractivity contribution in [3.63, 3.8) is 0 Å². The van der Waals surface area contributed by atoms with E-state index in [1.807, 2.05) is 48.5 Å². The zero-order chi connectivity index (χ0) is 13.2. The highest BCUT2D eigenvalue weighted by atomic mass is 16.5. The van der Waals surface area contributed by atoms with Gasteiger partial charge in [0, 0.05) is 5.56 Å². The standard InChI is InChI=1S/C16H14O3/c1-18-13-8-5-9-14-15(13)12(10-19-14)16(17)11-6-3-2-4-7-11/h2-10,16-17H,1H3. The molecule has 1 atom stereocenters. The van der Waals surface area contributed by atoms with Gasteiger partial charge in [-0.2, -0.15) is 0 Å². The minimum absolute atomic E-state index is 0.705. The third-order valence-corrected chi connectivity index (χ3v) is 3.22. The summed E-state index contributed by atoms with van der Waals surface area (Å²) in [6.45, 7) is 0. The van der Waals surface area contributed by atoms with Crippen LogP contribution in [0.4, 0.5) is 0 Å². The highest BCUT2D eigenvalue weighted by Gasteiger charge is 2.19. The van der Waals surface area contributed by atoms with Gasteiger partial charge >= 0.3 is 0 Å². The van der Waals surface area contributed by atoms with Crippen molar-refractivity contribution in [2.75, 3.05) is 7.11 Å². The number of rotatable bonds is 3. The van der Waals surface area contributed by atoms with Crippen molar-refractivity contribution in [1.29, 1.82) is 0 Å². The van der Waals surface area contributed by atoms with Crippen LogP contribution in [0.5, 0.6) is 5.75 Å². The number of hydrogen-bond donors (Lipinski definition) is 1. The maximum Gasteiger partial charge on any atom is 0.137 e. The number of aliphatic hydroxyl groups excluding tert-OH is 1. The van der Waals surface area contributed by atoms with Crippen molar-refractivity contribution in [2.24, 2.45) is 0 Å². The fourth-order valence-electron chi connectivity index (χ4n) is 2.27. The van der Waals surface area contributed by atoms with Gasteiger partial charge in [0.1, 0.15) is 17.4 Å². The lowest BCUT2D eigenvalue weighted by Crippen LogP contribution is -1.98. The van der Waals surface area contributed by atoms with Gasteiger partial charge in [-0.05, 0) is 17.7 Å². The molecular formula is C16H14O3. The maximum atomic E-state index is 10.5. The van der Waals surface area contributed by atoms with Crippen LogP contribution >= 0.6 is 0 Å². The van der Waals surface area contributed by atoms with E-state index in [-0.39, 0.29) is 0 Å². The fourth-order valence-corrected chi connectivity index (χ4v) is 2.27. The molecule has 3 aromatic rings. The van der Waals surface area contributed by atoms with Crippen molar-refractivity contribution in [3.8, 4) is 5.75 Å². The van der Waals surface area contributed by atoms with E-state index in [2.05, 4.69) is 0 Å². The van der Waals surface area contributed by atoms with Crippen LogP contribution < -0.4 is 4.74 Å². The van der Waals surface area contributed by atoms with Gasteiger partial charge in [-0.15, -0.1) is 0 Å². The molecule has 0 bridgehead atoms. The zero-order valence-corrected chi connectivity index (χ0v) is 10.5. The monoisotopic (exact) mass is 254 g/mol. The number of hydrogen-bond acceptors (Lipinski definition) is 3. The SMILES string of the molecule is COc1cccc2occ(C(O)c3ccccc3)c12. The van der Waals surface area contributed by atoms with Crippen molar-refractivity contribution >= 4 is 11.0 Å². The molecule has 3 rings (SSSR count). The van der Waals surface area contributed by atoms with Crippen LogP contribution in [0.1, 0.15) is 17.2 Å². The van der Waals surface area contributed by atoms with E-state index in [0.717, 1.165) is 16.5 Å². The molecule has 0 amide bonds. The quantitative estimate of drug-likeness (QED) is 0.777. The highest BCUT2D eigenvalue weighted by molar-refractivity contribution is 5.88. The molecule has 1 aromatic heterocycles. The van der Waals surface area contributed by atoms with E-state index >= 15 is 0 Å². The molecule has 3 nitrogen and oxygen atoms in total. The molecule has 3 heteroatoms. The minimum Gasteiger partial charge on any atom is -0.496 e. The molecule has 1 unspecified atom stereocenters. The summed E-state index contributed by atoms with van der Waals surface area (Å²) in [7, 11) is 1.61. The second-order valence-corrected chi connectivity index (χ2v) is 4.34. The summed E-state index contributed by atoms with van der Waals surface area (Å²) in [6, 6.07) is 15.1. The van der Waals surface area contributed by atoms with Gasteiger partial charge in [0.2, 0.25) is 0 Å². The average molecular weight is 254 g/mol. The van der Waals surface area contributed by atoms with Crippen molar-refractivity contribution in [3.05, 3.63) is 65.9 Å². The Balaban J connectivity index is 2.15. The lowest BCUT2D eigenvalue weighted by molar-refractivity contribution is 0.220. The summed E-state index contributed by atoms with van der Waals surface area (Å²) in [6.07, 6.45) is 0.865. The Morgan fingerprint density at radius 1 is 1.05 bits per heavy atom. The van der Waals surface area contributed by atoms with Gasteiger partial charge in [0.25, 0.3) is 0 Å². The smallest absolute Gasteiger partial charge is 0.137 e. The van der Waals surface area contributed by atoms with E-state index in [4.69, 9.17) is 9.15 Å². The summed E-state index contributed by atoms with van der Waals surface area (Å²) < 4.78 is 10.8. The molecule has 1 N–H and O–H groups in total. The van der Waals surface area contributed by atoms with Crippen LogP contribution in [0.15, 0.2) is 59.2 Å². The number of benzene rings is 2. The normalized spacial score (nSPS) is 12.5. The minimum atomic E-state index is -0.723. The average Bonchev–Trinajstić information content (AvgIpc) is 2.91. The van der Waals surface area contributed by atoms with E-state index in [1.54, 1.807) is 13.4 Å². The largest absolute Gasteiger partial charge is 0.496 e. The first kappa shape index (κ1) is 11.8. The Labute approximate surface area is 111 Å². The highest BCUT2D eigenvalue weighted by Crippen LogP contribution is 2.36. The predicted octanol–water partition coefficient (Wildman–Crippen LogP) is 3.52. The fraction of sp³-hybridized carbons (Fsp3) is 0.125. The number of furan rings is 1. The van der Waals surface area contributed by atoms with Crippen molar-refractivity contribution in [1.82, 2.24) is 0 Å². The summed E-state index contributed by atoms with van der Waals surface area (Å²) in [5.74, 6) is 0.705. The topological polar surface area (TPSA) is 42.6 Å². The molecular weight excluding hydrogens is 240 g/mol. The molecule has 0 aliphatic carbocycles. The first-order valence-electron chi connectivity index (χ1n) is 6.08. The lowest BCUT2D eigenvalue weighted by atomic mass is 10.0. The summed E-state index contributed by atoms with van der Waals surface area (Å²) in [5, 5.41) is 11.3. The van der Waals surface area contributed by atoms with Gasteiger partial charge in [-0.3, -0.25) is 0 Å². The lowest BCUT2D eigenvalue weighted by Gasteiger charge is -2.10. The van der Waals surface area contributed by atoms with Gasteiger partial charge in [0.15, 0.2) is 0 Å². The molecule has 0 saturated heterocycles. The molecule has 19 heavy (non-hydrogen) atoms. The molecule has 0 aliphatic heterocycles. The molecule has 0 fully saturated rings. The summed E-state index contributed by atoms with van der Waals surface area (Å²) in [5.41, 5.74) is 2.26. The van der Waals surface area contributed by atoms with E-state index in [0.29, 0.717) is 11.3 Å². The van der Waals surface area contributed by atoms with Crippen molar-refractivity contribution in [2.45, 2.75) is 6.10 Å². The Hall–Kier alpha value is -2.26. The summed E-state index contributed by atoms with van der Waals surface area (Å²) in [4.78, 5) is 0. The third kappa shape index (κ3) is 1.98. The van der Waals surface area contributed by atoms with E-state index < -0.39 is 6.10 Å². The number of fused-ring (bicyclic) bond motifs is 1. The zero-order valence-electron chi connectivity index (χ0n) is 10.5. The van der Waals surface area contributed by atoms with Gasteiger partial charge in [-0.1, -0.05) is 36.4 Å². The van der Waals surface area contributed by atoms with Gasteiger partial charge in [0.05, 0.1) is 18.8 Å². The molecule has 96 valence electrons. The first-order chi connectivity index (χ1) is 9.31. The number of ether oxygens (including phenoxy) is 1. The van der Waals surface area contributed by atoms with Crippen LogP contribution in [-0.4, -0.2) is 12.2 Å². The summed E-state index contributed by atoms with van der Waals surface area (Å²) >= 11 is 0. The van der Waals surface area contributed by atoms with E-state index in [9.17, 15) is 5.11 Å². The Morgan fingerprint density at radius 3 is 2.58 bits per heavy atom. The molecule has 0 radical (unpaired) electrons. The van der Waals surface area contributed by atoms with Crippen LogP contribution in [-0.2, 0) is 0 Å². The maximum absolute atomic E-state index is 10.5. The Kier molecular flexibility index (Phi) is 2.97. The van der Waals surface area contributed by atoms with E-state index in [1.165, 1.54) is 0 Å². The second kappa shape index (κ2) is 4.78. The van der Waals surface area contributed by atoms with Gasteiger partial charge in [-0.25, -0.2) is 0 Å². The molecule has 0 spiro atoms. The number of aliphatic hydroxyl groups is 1. The van der Waals surface area contributed by atoms with Crippen LogP contribution in [0.3, 0.4) is 0 Å². The van der Waals surface area contributed by atoms with Crippen molar-refractivity contribution < 1.29 is 14.3 Å². The van der Waals surface area contributed by atoms with Gasteiger partial charge < -0.3 is 14.3 Å². The van der Waals surface area contributed by atoms with Crippen LogP contribution in [0.25, 0.3) is 11.0 Å². The molecule has 0 aliphatic rings. The molecule has 2 aromatic carbocycles. The predicted molar refractivity (Wildman–Crippen MR) is 73.3 cm³/mol. The number of methoxy groups -OCH3 is 1. The Bertz CT molecular complexity index is 686. The molecule has 0 saturated carbocycles. The van der Waals surface area contributed by atoms with Crippen LogP contribution in [0.2, 0.25) is 0 Å². The Morgan fingerprint density at radius 2 is 1.84 bits per heavy atom.